The topological polar surface area (TPSA) is 121 Å². The standard InChI is InChI=1S/C15H12N4O4S/c20-15-18-11-4-2-10(6-13(11)19-15)24(21,22)17-7-9-1-3-12-14(5-9)23-8-16-12/h1-6,8,17H,7H2,(H2,18,19,20). The number of aromatic amines is 2. The largest absolute Gasteiger partial charge is 0.443 e. The summed E-state index contributed by atoms with van der Waals surface area (Å²) in [5.74, 6) is 0. The summed E-state index contributed by atoms with van der Waals surface area (Å²) in [5, 5.41) is 0. The summed E-state index contributed by atoms with van der Waals surface area (Å²) >= 11 is 0. The van der Waals surface area contributed by atoms with Crippen molar-refractivity contribution in [1.29, 1.82) is 0 Å². The third kappa shape index (κ3) is 2.59. The fraction of sp³-hybridized carbons (Fsp3) is 0.0667. The predicted octanol–water partition coefficient (Wildman–Crippen LogP) is 1.48. The van der Waals surface area contributed by atoms with E-state index >= 15 is 0 Å². The Hall–Kier alpha value is -2.91. The van der Waals surface area contributed by atoms with Gasteiger partial charge < -0.3 is 14.4 Å². The van der Waals surface area contributed by atoms with Gasteiger partial charge in [-0.05, 0) is 35.9 Å². The number of hydrogen-bond donors (Lipinski definition) is 3. The van der Waals surface area contributed by atoms with Gasteiger partial charge in [0.15, 0.2) is 12.0 Å². The third-order valence-electron chi connectivity index (χ3n) is 3.66. The van der Waals surface area contributed by atoms with Gasteiger partial charge in [0.05, 0.1) is 15.9 Å². The molecule has 0 unspecified atom stereocenters. The summed E-state index contributed by atoms with van der Waals surface area (Å²) in [7, 11) is -3.71. The molecule has 0 radical (unpaired) electrons. The molecule has 4 rings (SSSR count). The first-order chi connectivity index (χ1) is 11.5. The van der Waals surface area contributed by atoms with E-state index in [1.807, 2.05) is 0 Å². The van der Waals surface area contributed by atoms with Gasteiger partial charge in [-0.15, -0.1) is 0 Å². The van der Waals surface area contributed by atoms with Crippen LogP contribution in [-0.2, 0) is 16.6 Å². The van der Waals surface area contributed by atoms with Crippen LogP contribution in [0.25, 0.3) is 22.1 Å². The van der Waals surface area contributed by atoms with Crippen molar-refractivity contribution in [3.05, 3.63) is 58.8 Å². The molecule has 0 aliphatic rings. The lowest BCUT2D eigenvalue weighted by atomic mass is 10.2. The number of benzene rings is 2. The maximum absolute atomic E-state index is 12.4. The van der Waals surface area contributed by atoms with Crippen LogP contribution < -0.4 is 10.4 Å². The minimum atomic E-state index is -3.71. The molecule has 2 aromatic carbocycles. The fourth-order valence-corrected chi connectivity index (χ4v) is 3.49. The lowest BCUT2D eigenvalue weighted by Crippen LogP contribution is -2.23. The molecule has 0 bridgehead atoms. The summed E-state index contributed by atoms with van der Waals surface area (Å²) in [6.45, 7) is 0.112. The number of fused-ring (bicyclic) bond motifs is 2. The number of sulfonamides is 1. The van der Waals surface area contributed by atoms with Crippen LogP contribution >= 0.6 is 0 Å². The number of nitrogens with one attached hydrogen (secondary N) is 3. The zero-order valence-corrected chi connectivity index (χ0v) is 13.1. The SMILES string of the molecule is O=c1[nH]c2ccc(S(=O)(=O)NCc3ccc4ncoc4c3)cc2[nH]1. The molecule has 0 fully saturated rings. The second-order valence-electron chi connectivity index (χ2n) is 5.27. The molecule has 8 nitrogen and oxygen atoms in total. The van der Waals surface area contributed by atoms with Crippen molar-refractivity contribution in [1.82, 2.24) is 19.7 Å². The first kappa shape index (κ1) is 14.7. The molecular weight excluding hydrogens is 332 g/mol. The highest BCUT2D eigenvalue weighted by Gasteiger charge is 2.15. The van der Waals surface area contributed by atoms with Crippen molar-refractivity contribution in [3.63, 3.8) is 0 Å². The molecule has 0 amide bonds. The van der Waals surface area contributed by atoms with Gasteiger partial charge >= 0.3 is 5.69 Å². The van der Waals surface area contributed by atoms with E-state index in [4.69, 9.17) is 4.42 Å². The third-order valence-corrected chi connectivity index (χ3v) is 5.06. The summed E-state index contributed by atoms with van der Waals surface area (Å²) in [6, 6.07) is 9.67. The number of H-pyrrole nitrogens is 2. The molecule has 0 aliphatic heterocycles. The van der Waals surface area contributed by atoms with Crippen LogP contribution in [0.15, 0.2) is 56.9 Å². The average molecular weight is 344 g/mol. The minimum absolute atomic E-state index is 0.0750. The van der Waals surface area contributed by atoms with Crippen molar-refractivity contribution >= 4 is 32.2 Å². The lowest BCUT2D eigenvalue weighted by molar-refractivity contribution is 0.581. The van der Waals surface area contributed by atoms with Crippen LogP contribution in [0.1, 0.15) is 5.56 Å². The number of aromatic nitrogens is 3. The first-order valence-electron chi connectivity index (χ1n) is 7.05. The molecule has 0 saturated heterocycles. The normalized spacial score (nSPS) is 12.2. The van der Waals surface area contributed by atoms with Crippen LogP contribution in [-0.4, -0.2) is 23.4 Å². The van der Waals surface area contributed by atoms with Crippen LogP contribution in [0.3, 0.4) is 0 Å². The number of oxazole rings is 1. The molecule has 0 aliphatic carbocycles. The molecule has 2 heterocycles. The average Bonchev–Trinajstić information content (AvgIpc) is 3.16. The Morgan fingerprint density at radius 2 is 1.92 bits per heavy atom. The van der Waals surface area contributed by atoms with Gasteiger partial charge in [-0.3, -0.25) is 0 Å². The molecule has 0 atom stereocenters. The predicted molar refractivity (Wildman–Crippen MR) is 87.0 cm³/mol. The number of imidazole rings is 1. The van der Waals surface area contributed by atoms with Crippen molar-refractivity contribution in [2.24, 2.45) is 0 Å². The van der Waals surface area contributed by atoms with Crippen LogP contribution in [0.5, 0.6) is 0 Å². The number of hydrogen-bond acceptors (Lipinski definition) is 5. The maximum atomic E-state index is 12.4. The zero-order chi connectivity index (χ0) is 16.7. The highest BCUT2D eigenvalue weighted by Crippen LogP contribution is 2.17. The first-order valence-corrected chi connectivity index (χ1v) is 8.53. The van der Waals surface area contributed by atoms with Crippen molar-refractivity contribution in [2.45, 2.75) is 11.4 Å². The van der Waals surface area contributed by atoms with Crippen LogP contribution in [0.4, 0.5) is 0 Å². The van der Waals surface area contributed by atoms with E-state index in [0.717, 1.165) is 5.56 Å². The van der Waals surface area contributed by atoms with E-state index in [0.29, 0.717) is 22.1 Å². The molecule has 3 N–H and O–H groups in total. The van der Waals surface area contributed by atoms with Crippen LogP contribution in [0, 0.1) is 0 Å². The quantitative estimate of drug-likeness (QED) is 0.518. The zero-order valence-electron chi connectivity index (χ0n) is 12.2. The highest BCUT2D eigenvalue weighted by atomic mass is 32.2. The molecule has 0 spiro atoms. The molecule has 24 heavy (non-hydrogen) atoms. The molecular formula is C15H12N4O4S. The highest BCUT2D eigenvalue weighted by molar-refractivity contribution is 7.89. The Bertz CT molecular complexity index is 1200. The van der Waals surface area contributed by atoms with E-state index in [9.17, 15) is 13.2 Å². The van der Waals surface area contributed by atoms with Gasteiger partial charge in [-0.1, -0.05) is 6.07 Å². The summed E-state index contributed by atoms with van der Waals surface area (Å²) in [4.78, 5) is 20.4. The second-order valence-corrected chi connectivity index (χ2v) is 7.03. The van der Waals surface area contributed by atoms with Gasteiger partial charge in [-0.2, -0.15) is 0 Å². The Balaban J connectivity index is 1.60. The van der Waals surface area contributed by atoms with Gasteiger partial charge in [0, 0.05) is 6.54 Å². The Labute approximate surface area is 135 Å². The van der Waals surface area contributed by atoms with Crippen molar-refractivity contribution < 1.29 is 12.8 Å². The monoisotopic (exact) mass is 344 g/mol. The number of rotatable bonds is 4. The molecule has 9 heteroatoms. The molecule has 0 saturated carbocycles. The maximum Gasteiger partial charge on any atom is 0.323 e. The smallest absolute Gasteiger partial charge is 0.323 e. The van der Waals surface area contributed by atoms with E-state index in [2.05, 4.69) is 19.7 Å². The van der Waals surface area contributed by atoms with E-state index in [1.165, 1.54) is 18.5 Å². The Kier molecular flexibility index (Phi) is 3.25. The number of nitrogens with zero attached hydrogens (tertiary/aromatic N) is 1. The minimum Gasteiger partial charge on any atom is -0.443 e. The summed E-state index contributed by atoms with van der Waals surface area (Å²) in [6.07, 6.45) is 1.34. The van der Waals surface area contributed by atoms with Gasteiger partial charge in [0.1, 0.15) is 5.52 Å². The van der Waals surface area contributed by atoms with Crippen molar-refractivity contribution in [2.75, 3.05) is 0 Å². The fourth-order valence-electron chi connectivity index (χ4n) is 2.45. The molecule has 4 aromatic rings. The lowest BCUT2D eigenvalue weighted by Gasteiger charge is -2.07. The molecule has 122 valence electrons. The Morgan fingerprint density at radius 1 is 1.08 bits per heavy atom. The van der Waals surface area contributed by atoms with Gasteiger partial charge in [0.2, 0.25) is 10.0 Å². The summed E-state index contributed by atoms with van der Waals surface area (Å²) in [5.41, 5.74) is 2.66. The Morgan fingerprint density at radius 3 is 2.79 bits per heavy atom. The van der Waals surface area contributed by atoms with Gasteiger partial charge in [-0.25, -0.2) is 22.9 Å². The van der Waals surface area contributed by atoms with Crippen molar-refractivity contribution in [3.8, 4) is 0 Å². The van der Waals surface area contributed by atoms with E-state index in [1.54, 1.807) is 24.3 Å². The molecule has 2 aromatic heterocycles. The van der Waals surface area contributed by atoms with Gasteiger partial charge in [0.25, 0.3) is 0 Å². The summed E-state index contributed by atoms with van der Waals surface area (Å²) < 4.78 is 32.6. The van der Waals surface area contributed by atoms with E-state index < -0.39 is 10.0 Å². The second kappa shape index (κ2) is 5.32. The van der Waals surface area contributed by atoms with Crippen LogP contribution in [0.2, 0.25) is 0 Å². The van der Waals surface area contributed by atoms with E-state index in [-0.39, 0.29) is 17.1 Å².